The van der Waals surface area contributed by atoms with Crippen molar-refractivity contribution in [1.82, 2.24) is 9.78 Å². The number of nitrogens with zero attached hydrogens (tertiary/aromatic N) is 2. The number of aliphatic hydroxyl groups is 1. The van der Waals surface area contributed by atoms with Gasteiger partial charge < -0.3 is 5.11 Å². The minimum absolute atomic E-state index is 0.157. The van der Waals surface area contributed by atoms with Gasteiger partial charge in [-0.2, -0.15) is 5.10 Å². The van der Waals surface area contributed by atoms with Gasteiger partial charge in [-0.1, -0.05) is 11.8 Å². The molecule has 0 radical (unpaired) electrons. The molecule has 2 aromatic rings. The number of benzene rings is 1. The molecule has 0 saturated heterocycles. The molecule has 0 aliphatic heterocycles. The fourth-order valence-electron chi connectivity index (χ4n) is 1.57. The molecule has 1 aromatic carbocycles. The Morgan fingerprint density at radius 3 is 2.71 bits per heavy atom. The average molecular weight is 252 g/mol. The van der Waals surface area contributed by atoms with Crippen LogP contribution in [0.4, 0.5) is 4.39 Å². The molecule has 0 saturated carbocycles. The molecule has 0 bridgehead atoms. The van der Waals surface area contributed by atoms with Gasteiger partial charge in [0.05, 0.1) is 17.3 Å². The third-order valence-corrected chi connectivity index (χ3v) is 3.36. The highest BCUT2D eigenvalue weighted by Crippen LogP contribution is 2.29. The Labute approximate surface area is 103 Å². The molecule has 0 aliphatic rings. The van der Waals surface area contributed by atoms with Crippen LogP contribution in [0.1, 0.15) is 11.3 Å². The Morgan fingerprint density at radius 2 is 2.12 bits per heavy atom. The number of aryl methyl sites for hydroxylation is 2. The Bertz CT molecular complexity index is 539. The summed E-state index contributed by atoms with van der Waals surface area (Å²) in [6.07, 6.45) is 0. The molecular weight excluding hydrogens is 239 g/mol. The van der Waals surface area contributed by atoms with Crippen molar-refractivity contribution in [2.75, 3.05) is 0 Å². The maximum Gasteiger partial charge on any atom is 0.124 e. The van der Waals surface area contributed by atoms with Crippen molar-refractivity contribution >= 4 is 11.8 Å². The highest BCUT2D eigenvalue weighted by Gasteiger charge is 2.06. The summed E-state index contributed by atoms with van der Waals surface area (Å²) in [6, 6.07) is 6.50. The summed E-state index contributed by atoms with van der Waals surface area (Å²) < 4.78 is 15.0. The average Bonchev–Trinajstić information content (AvgIpc) is 2.56. The van der Waals surface area contributed by atoms with Crippen LogP contribution < -0.4 is 0 Å². The van der Waals surface area contributed by atoms with Crippen LogP contribution in [0, 0.1) is 12.7 Å². The van der Waals surface area contributed by atoms with Crippen LogP contribution in [0.3, 0.4) is 0 Å². The maximum absolute atomic E-state index is 13.3. The highest BCUT2D eigenvalue weighted by atomic mass is 32.2. The van der Waals surface area contributed by atoms with E-state index in [2.05, 4.69) is 5.10 Å². The maximum atomic E-state index is 13.3. The molecule has 0 aliphatic carbocycles. The molecule has 0 spiro atoms. The summed E-state index contributed by atoms with van der Waals surface area (Å²) in [5.74, 6) is -0.335. The summed E-state index contributed by atoms with van der Waals surface area (Å²) in [7, 11) is 1.85. The summed E-state index contributed by atoms with van der Waals surface area (Å²) >= 11 is 1.43. The number of halogens is 1. The van der Waals surface area contributed by atoms with E-state index in [4.69, 9.17) is 5.11 Å². The van der Waals surface area contributed by atoms with E-state index in [1.807, 2.05) is 20.0 Å². The Balaban J connectivity index is 2.29. The second-order valence-corrected chi connectivity index (χ2v) is 4.90. The molecule has 0 fully saturated rings. The van der Waals surface area contributed by atoms with E-state index in [0.717, 1.165) is 15.6 Å². The SMILES string of the molecule is Cc1cc(Sc2cc(F)cc(CO)c2)n(C)n1. The van der Waals surface area contributed by atoms with E-state index in [1.54, 1.807) is 10.7 Å². The lowest BCUT2D eigenvalue weighted by molar-refractivity contribution is 0.281. The lowest BCUT2D eigenvalue weighted by Gasteiger charge is -2.04. The number of aromatic nitrogens is 2. The van der Waals surface area contributed by atoms with E-state index in [9.17, 15) is 4.39 Å². The first-order valence-electron chi connectivity index (χ1n) is 5.17. The van der Waals surface area contributed by atoms with Gasteiger partial charge in [-0.05, 0) is 36.8 Å². The molecule has 90 valence electrons. The van der Waals surface area contributed by atoms with Crippen LogP contribution in [-0.2, 0) is 13.7 Å². The Morgan fingerprint density at radius 1 is 1.35 bits per heavy atom. The fraction of sp³-hybridized carbons (Fsp3) is 0.250. The topological polar surface area (TPSA) is 38.0 Å². The Kier molecular flexibility index (Phi) is 3.49. The van der Waals surface area contributed by atoms with Crippen molar-refractivity contribution in [2.45, 2.75) is 23.5 Å². The van der Waals surface area contributed by atoms with Gasteiger partial charge in [-0.3, -0.25) is 4.68 Å². The first-order chi connectivity index (χ1) is 8.08. The molecule has 0 atom stereocenters. The van der Waals surface area contributed by atoms with Crippen molar-refractivity contribution in [1.29, 1.82) is 0 Å². The van der Waals surface area contributed by atoms with E-state index in [-0.39, 0.29) is 12.4 Å². The van der Waals surface area contributed by atoms with Crippen molar-refractivity contribution in [3.8, 4) is 0 Å². The van der Waals surface area contributed by atoms with Gasteiger partial charge in [0.15, 0.2) is 0 Å². The molecule has 3 nitrogen and oxygen atoms in total. The molecule has 1 heterocycles. The van der Waals surface area contributed by atoms with E-state index in [0.29, 0.717) is 5.56 Å². The lowest BCUT2D eigenvalue weighted by atomic mass is 10.2. The monoisotopic (exact) mass is 252 g/mol. The normalized spacial score (nSPS) is 10.8. The number of rotatable bonds is 3. The molecule has 1 aromatic heterocycles. The minimum atomic E-state index is -0.335. The zero-order chi connectivity index (χ0) is 12.4. The van der Waals surface area contributed by atoms with Crippen molar-refractivity contribution < 1.29 is 9.50 Å². The van der Waals surface area contributed by atoms with Crippen LogP contribution in [0.5, 0.6) is 0 Å². The summed E-state index contributed by atoms with van der Waals surface area (Å²) in [5, 5.41) is 14.2. The summed E-state index contributed by atoms with van der Waals surface area (Å²) in [4.78, 5) is 0.761. The van der Waals surface area contributed by atoms with Crippen LogP contribution in [0.25, 0.3) is 0 Å². The van der Waals surface area contributed by atoms with Crippen LogP contribution in [-0.4, -0.2) is 14.9 Å². The van der Waals surface area contributed by atoms with Crippen molar-refractivity contribution in [3.63, 3.8) is 0 Å². The third-order valence-electron chi connectivity index (χ3n) is 2.30. The minimum Gasteiger partial charge on any atom is -0.392 e. The first kappa shape index (κ1) is 12.1. The van der Waals surface area contributed by atoms with Gasteiger partial charge in [-0.15, -0.1) is 0 Å². The highest BCUT2D eigenvalue weighted by molar-refractivity contribution is 7.99. The van der Waals surface area contributed by atoms with Crippen molar-refractivity contribution in [3.05, 3.63) is 41.3 Å². The smallest absolute Gasteiger partial charge is 0.124 e. The number of hydrogen-bond acceptors (Lipinski definition) is 3. The van der Waals surface area contributed by atoms with E-state index >= 15 is 0 Å². The van der Waals surface area contributed by atoms with Gasteiger partial charge in [0.1, 0.15) is 5.82 Å². The van der Waals surface area contributed by atoms with Gasteiger partial charge in [0.25, 0.3) is 0 Å². The van der Waals surface area contributed by atoms with Gasteiger partial charge in [0, 0.05) is 11.9 Å². The van der Waals surface area contributed by atoms with Crippen LogP contribution in [0.2, 0.25) is 0 Å². The Hall–Kier alpha value is -1.33. The van der Waals surface area contributed by atoms with Crippen molar-refractivity contribution in [2.24, 2.45) is 7.05 Å². The summed E-state index contributed by atoms with van der Waals surface area (Å²) in [6.45, 7) is 1.75. The van der Waals surface area contributed by atoms with Crippen LogP contribution in [0.15, 0.2) is 34.2 Å². The molecular formula is C12H13FN2OS. The predicted molar refractivity (Wildman–Crippen MR) is 64.4 cm³/mol. The second kappa shape index (κ2) is 4.89. The number of aliphatic hydroxyl groups excluding tert-OH is 1. The lowest BCUT2D eigenvalue weighted by Crippen LogP contribution is -1.93. The van der Waals surface area contributed by atoms with Gasteiger partial charge in [-0.25, -0.2) is 4.39 Å². The second-order valence-electron chi connectivity index (χ2n) is 3.80. The molecule has 1 N–H and O–H groups in total. The van der Waals surface area contributed by atoms with E-state index in [1.165, 1.54) is 23.9 Å². The van der Waals surface area contributed by atoms with Crippen LogP contribution >= 0.6 is 11.8 Å². The quantitative estimate of drug-likeness (QED) is 0.912. The largest absolute Gasteiger partial charge is 0.392 e. The predicted octanol–water partition coefficient (Wildman–Crippen LogP) is 2.51. The standard InChI is InChI=1S/C12H13FN2OS/c1-8-3-12(15(2)14-8)17-11-5-9(7-16)4-10(13)6-11/h3-6,16H,7H2,1-2H3. The number of hydrogen-bond donors (Lipinski definition) is 1. The third kappa shape index (κ3) is 2.87. The summed E-state index contributed by atoms with van der Waals surface area (Å²) in [5.41, 5.74) is 1.50. The fourth-order valence-corrected chi connectivity index (χ4v) is 2.60. The van der Waals surface area contributed by atoms with Gasteiger partial charge in [0.2, 0.25) is 0 Å². The van der Waals surface area contributed by atoms with Gasteiger partial charge >= 0.3 is 0 Å². The molecule has 0 unspecified atom stereocenters. The van der Waals surface area contributed by atoms with E-state index < -0.39 is 0 Å². The molecule has 0 amide bonds. The molecule has 17 heavy (non-hydrogen) atoms. The zero-order valence-corrected chi connectivity index (χ0v) is 10.5. The first-order valence-corrected chi connectivity index (χ1v) is 5.99. The molecule has 2 rings (SSSR count). The zero-order valence-electron chi connectivity index (χ0n) is 9.64. The molecule has 5 heteroatoms.